The fraction of sp³-hybridized carbons (Fsp3) is 0.308. The molecule has 0 bridgehead atoms. The number of aromatic nitrogens is 2. The molecule has 0 fully saturated rings. The average molecular weight is 269 g/mol. The predicted octanol–water partition coefficient (Wildman–Crippen LogP) is 3.36. The summed E-state index contributed by atoms with van der Waals surface area (Å²) in [4.78, 5) is 0. The third kappa shape index (κ3) is 3.27. The number of hydrogen-bond donors (Lipinski definition) is 1. The monoisotopic (exact) mass is 269 g/mol. The number of rotatable bonds is 3. The third-order valence-electron chi connectivity index (χ3n) is 2.76. The highest BCUT2D eigenvalue weighted by atomic mass is 19.4. The highest BCUT2D eigenvalue weighted by molar-refractivity contribution is 5.45. The van der Waals surface area contributed by atoms with E-state index in [4.69, 9.17) is 0 Å². The highest BCUT2D eigenvalue weighted by Gasteiger charge is 2.34. The van der Waals surface area contributed by atoms with Gasteiger partial charge in [-0.25, -0.2) is 0 Å². The molecule has 0 saturated carbocycles. The van der Waals surface area contributed by atoms with E-state index in [2.05, 4.69) is 10.4 Å². The van der Waals surface area contributed by atoms with Gasteiger partial charge in [0.05, 0.1) is 12.2 Å². The molecular formula is C13H14F3N3. The molecule has 6 heteroatoms. The maximum absolute atomic E-state index is 12.5. The maximum Gasteiger partial charge on any atom is 0.435 e. The summed E-state index contributed by atoms with van der Waals surface area (Å²) in [6, 6.07) is 8.71. The molecule has 1 N–H and O–H groups in total. The van der Waals surface area contributed by atoms with E-state index in [1.54, 1.807) is 0 Å². The molecule has 1 aromatic carbocycles. The minimum atomic E-state index is -4.40. The molecule has 0 atom stereocenters. The summed E-state index contributed by atoms with van der Waals surface area (Å²) in [5.41, 5.74) is 1.57. The molecule has 2 aromatic rings. The zero-order valence-electron chi connectivity index (χ0n) is 10.6. The standard InChI is InChI=1S/C13H14F3N3/c1-9-4-3-5-10(6-9)17-8-11-7-12(13(14,15)16)18-19(11)2/h3-7,17H,8H2,1-2H3. The maximum atomic E-state index is 12.5. The van der Waals surface area contributed by atoms with Gasteiger partial charge in [0.1, 0.15) is 0 Å². The SMILES string of the molecule is Cc1cccc(NCc2cc(C(F)(F)F)nn2C)c1. The fourth-order valence-electron chi connectivity index (χ4n) is 1.76. The molecule has 0 aliphatic carbocycles. The molecular weight excluding hydrogens is 255 g/mol. The molecule has 0 radical (unpaired) electrons. The summed E-state index contributed by atoms with van der Waals surface area (Å²) >= 11 is 0. The Kier molecular flexibility index (Phi) is 3.50. The zero-order valence-corrected chi connectivity index (χ0v) is 10.6. The lowest BCUT2D eigenvalue weighted by molar-refractivity contribution is -0.141. The van der Waals surface area contributed by atoms with Crippen LogP contribution < -0.4 is 5.32 Å². The molecule has 0 aliphatic heterocycles. The first-order chi connectivity index (χ1) is 8.86. The van der Waals surface area contributed by atoms with E-state index < -0.39 is 11.9 Å². The van der Waals surface area contributed by atoms with Crippen LogP contribution in [-0.2, 0) is 19.8 Å². The van der Waals surface area contributed by atoms with Crippen molar-refractivity contribution in [2.45, 2.75) is 19.6 Å². The van der Waals surface area contributed by atoms with E-state index in [1.807, 2.05) is 31.2 Å². The van der Waals surface area contributed by atoms with Crippen molar-refractivity contribution in [2.24, 2.45) is 7.05 Å². The second kappa shape index (κ2) is 4.95. The smallest absolute Gasteiger partial charge is 0.379 e. The Morgan fingerprint density at radius 2 is 2.00 bits per heavy atom. The van der Waals surface area contributed by atoms with Crippen LogP contribution in [0.1, 0.15) is 17.0 Å². The van der Waals surface area contributed by atoms with Gasteiger partial charge < -0.3 is 5.32 Å². The van der Waals surface area contributed by atoms with Gasteiger partial charge in [-0.1, -0.05) is 12.1 Å². The van der Waals surface area contributed by atoms with Crippen molar-refractivity contribution in [2.75, 3.05) is 5.32 Å². The molecule has 1 heterocycles. The molecule has 2 rings (SSSR count). The van der Waals surface area contributed by atoms with Gasteiger partial charge in [0.2, 0.25) is 0 Å². The van der Waals surface area contributed by atoms with Gasteiger partial charge in [-0.05, 0) is 30.7 Å². The quantitative estimate of drug-likeness (QED) is 0.926. The topological polar surface area (TPSA) is 29.9 Å². The molecule has 1 aromatic heterocycles. The number of hydrogen-bond acceptors (Lipinski definition) is 2. The number of benzene rings is 1. The third-order valence-corrected chi connectivity index (χ3v) is 2.76. The van der Waals surface area contributed by atoms with Gasteiger partial charge in [0, 0.05) is 12.7 Å². The Morgan fingerprint density at radius 1 is 1.26 bits per heavy atom. The number of anilines is 1. The van der Waals surface area contributed by atoms with Crippen LogP contribution in [0, 0.1) is 6.92 Å². The Bertz CT molecular complexity index is 573. The zero-order chi connectivity index (χ0) is 14.0. The Labute approximate surface area is 109 Å². The molecule has 102 valence electrons. The minimum absolute atomic E-state index is 0.295. The van der Waals surface area contributed by atoms with Crippen LogP contribution in [0.2, 0.25) is 0 Å². The van der Waals surface area contributed by atoms with Crippen LogP contribution >= 0.6 is 0 Å². The van der Waals surface area contributed by atoms with Crippen molar-refractivity contribution in [3.63, 3.8) is 0 Å². The van der Waals surface area contributed by atoms with Crippen molar-refractivity contribution in [1.82, 2.24) is 9.78 Å². The van der Waals surface area contributed by atoms with Crippen LogP contribution in [0.25, 0.3) is 0 Å². The number of aryl methyl sites for hydroxylation is 2. The van der Waals surface area contributed by atoms with E-state index in [-0.39, 0.29) is 0 Å². The first-order valence-electron chi connectivity index (χ1n) is 5.77. The number of alkyl halides is 3. The van der Waals surface area contributed by atoms with E-state index in [0.29, 0.717) is 12.2 Å². The first kappa shape index (κ1) is 13.5. The lowest BCUT2D eigenvalue weighted by Crippen LogP contribution is -2.07. The second-order valence-corrected chi connectivity index (χ2v) is 4.37. The van der Waals surface area contributed by atoms with Crippen LogP contribution in [0.15, 0.2) is 30.3 Å². The van der Waals surface area contributed by atoms with Crippen molar-refractivity contribution in [1.29, 1.82) is 0 Å². The fourth-order valence-corrected chi connectivity index (χ4v) is 1.76. The van der Waals surface area contributed by atoms with Crippen molar-refractivity contribution >= 4 is 5.69 Å². The predicted molar refractivity (Wildman–Crippen MR) is 66.7 cm³/mol. The summed E-state index contributed by atoms with van der Waals surface area (Å²) in [5, 5.41) is 6.54. The van der Waals surface area contributed by atoms with Crippen LogP contribution in [0.3, 0.4) is 0 Å². The highest BCUT2D eigenvalue weighted by Crippen LogP contribution is 2.28. The molecule has 19 heavy (non-hydrogen) atoms. The van der Waals surface area contributed by atoms with Crippen LogP contribution in [0.5, 0.6) is 0 Å². The van der Waals surface area contributed by atoms with Gasteiger partial charge >= 0.3 is 6.18 Å². The van der Waals surface area contributed by atoms with E-state index >= 15 is 0 Å². The van der Waals surface area contributed by atoms with E-state index in [0.717, 1.165) is 17.3 Å². The van der Waals surface area contributed by atoms with Gasteiger partial charge in [-0.15, -0.1) is 0 Å². The Hall–Kier alpha value is -1.98. The van der Waals surface area contributed by atoms with Gasteiger partial charge in [0.25, 0.3) is 0 Å². The molecule has 0 amide bonds. The van der Waals surface area contributed by atoms with Crippen molar-refractivity contribution < 1.29 is 13.2 Å². The average Bonchev–Trinajstić information content (AvgIpc) is 2.68. The number of halogens is 3. The van der Waals surface area contributed by atoms with Gasteiger partial charge in [0.15, 0.2) is 5.69 Å². The summed E-state index contributed by atoms with van der Waals surface area (Å²) in [5.74, 6) is 0. The summed E-state index contributed by atoms with van der Waals surface area (Å²) in [6.07, 6.45) is -4.40. The largest absolute Gasteiger partial charge is 0.435 e. The minimum Gasteiger partial charge on any atom is -0.379 e. The van der Waals surface area contributed by atoms with E-state index in [1.165, 1.54) is 11.7 Å². The van der Waals surface area contributed by atoms with Crippen molar-refractivity contribution in [3.05, 3.63) is 47.3 Å². The van der Waals surface area contributed by atoms with Crippen molar-refractivity contribution in [3.8, 4) is 0 Å². The summed E-state index contributed by atoms with van der Waals surface area (Å²) in [7, 11) is 1.50. The number of nitrogens with one attached hydrogen (secondary N) is 1. The van der Waals surface area contributed by atoms with Gasteiger partial charge in [-0.2, -0.15) is 18.3 Å². The molecule has 0 unspecified atom stereocenters. The summed E-state index contributed by atoms with van der Waals surface area (Å²) < 4.78 is 38.7. The second-order valence-electron chi connectivity index (χ2n) is 4.37. The first-order valence-corrected chi connectivity index (χ1v) is 5.77. The Morgan fingerprint density at radius 3 is 2.58 bits per heavy atom. The van der Waals surface area contributed by atoms with Crippen LogP contribution in [-0.4, -0.2) is 9.78 Å². The lowest BCUT2D eigenvalue weighted by Gasteiger charge is -2.07. The Balaban J connectivity index is 2.10. The molecule has 0 spiro atoms. The molecule has 0 saturated heterocycles. The van der Waals surface area contributed by atoms with E-state index in [9.17, 15) is 13.2 Å². The lowest BCUT2D eigenvalue weighted by atomic mass is 10.2. The molecule has 0 aliphatic rings. The number of nitrogens with zero attached hydrogens (tertiary/aromatic N) is 2. The van der Waals surface area contributed by atoms with Crippen LogP contribution in [0.4, 0.5) is 18.9 Å². The molecule has 3 nitrogen and oxygen atoms in total. The summed E-state index contributed by atoms with van der Waals surface area (Å²) in [6.45, 7) is 2.25. The normalized spacial score (nSPS) is 11.6. The van der Waals surface area contributed by atoms with Gasteiger partial charge in [-0.3, -0.25) is 4.68 Å².